The number of carbonyl (C=O) groups excluding carboxylic acids is 2. The Labute approximate surface area is 246 Å². The van der Waals surface area contributed by atoms with Crippen molar-refractivity contribution in [1.29, 1.82) is 0 Å². The number of piperidine rings is 1. The molecular weight excluding hydrogens is 534 g/mol. The second-order valence-corrected chi connectivity index (χ2v) is 13.1. The van der Waals surface area contributed by atoms with Gasteiger partial charge in [-0.25, -0.2) is 9.67 Å². The number of aliphatic hydroxyl groups excluding tert-OH is 1. The molecule has 11 nitrogen and oxygen atoms in total. The number of aliphatic hydroxyl groups is 1. The molecule has 42 heavy (non-hydrogen) atoms. The molecule has 2 aromatic heterocycles. The van der Waals surface area contributed by atoms with Crippen LogP contribution in [0.4, 0.5) is 0 Å². The van der Waals surface area contributed by atoms with E-state index in [9.17, 15) is 14.7 Å². The standard InChI is InChI=1S/C31H41N7O4/c1-31(2,3)27(38-18-25(34-35-38)20-9-10-20)30(41)37-17-24(39)15-26(37)28(40)32-22-11-13-36(14-12-22)16-23-19-42-29(33-23)21-7-5-4-6-8-21/h4-8,18-20,22,24,26-27,39H,9-17H2,1-3H3,(H,32,40)/t24-,26+,27-/m1/s1. The predicted molar refractivity (Wildman–Crippen MR) is 155 cm³/mol. The van der Waals surface area contributed by atoms with E-state index in [0.29, 0.717) is 18.4 Å². The Balaban J connectivity index is 1.05. The third-order valence-corrected chi connectivity index (χ3v) is 8.60. The number of hydrogen-bond donors (Lipinski definition) is 2. The lowest BCUT2D eigenvalue weighted by Gasteiger charge is -2.36. The summed E-state index contributed by atoms with van der Waals surface area (Å²) in [5.41, 5.74) is 2.29. The summed E-state index contributed by atoms with van der Waals surface area (Å²) in [5.74, 6) is 0.637. The van der Waals surface area contributed by atoms with Crippen molar-refractivity contribution in [3.63, 3.8) is 0 Å². The van der Waals surface area contributed by atoms with Crippen LogP contribution in [0.5, 0.6) is 0 Å². The first-order valence-electron chi connectivity index (χ1n) is 15.1. The summed E-state index contributed by atoms with van der Waals surface area (Å²) in [4.78, 5) is 36.0. The zero-order chi connectivity index (χ0) is 29.4. The van der Waals surface area contributed by atoms with Crippen molar-refractivity contribution < 1.29 is 19.1 Å². The average Bonchev–Trinajstić information content (AvgIpc) is 3.32. The Bertz CT molecular complexity index is 1390. The molecule has 6 rings (SSSR count). The molecule has 3 fully saturated rings. The number of nitrogens with zero attached hydrogens (tertiary/aromatic N) is 6. The molecule has 3 aromatic rings. The van der Waals surface area contributed by atoms with Gasteiger partial charge >= 0.3 is 0 Å². The van der Waals surface area contributed by atoms with E-state index in [-0.39, 0.29) is 30.8 Å². The van der Waals surface area contributed by atoms with E-state index >= 15 is 0 Å². The molecule has 2 aliphatic heterocycles. The number of rotatable bonds is 8. The molecule has 2 N–H and O–H groups in total. The van der Waals surface area contributed by atoms with Crippen LogP contribution in [0.3, 0.4) is 0 Å². The highest BCUT2D eigenvalue weighted by molar-refractivity contribution is 5.90. The van der Waals surface area contributed by atoms with Gasteiger partial charge in [-0.3, -0.25) is 14.5 Å². The predicted octanol–water partition coefficient (Wildman–Crippen LogP) is 3.14. The molecule has 1 saturated carbocycles. The molecule has 4 heterocycles. The lowest BCUT2D eigenvalue weighted by Crippen LogP contribution is -2.53. The number of benzene rings is 1. The fraction of sp³-hybridized carbons (Fsp3) is 0.581. The van der Waals surface area contributed by atoms with E-state index in [1.165, 1.54) is 0 Å². The minimum atomic E-state index is -0.742. The van der Waals surface area contributed by atoms with Gasteiger partial charge in [0.1, 0.15) is 18.3 Å². The molecule has 0 radical (unpaired) electrons. The molecule has 2 amide bonds. The van der Waals surface area contributed by atoms with Gasteiger partial charge in [-0.05, 0) is 43.2 Å². The summed E-state index contributed by atoms with van der Waals surface area (Å²) >= 11 is 0. The van der Waals surface area contributed by atoms with Crippen LogP contribution < -0.4 is 5.32 Å². The van der Waals surface area contributed by atoms with E-state index < -0.39 is 23.6 Å². The number of carbonyl (C=O) groups is 2. The van der Waals surface area contributed by atoms with Crippen molar-refractivity contribution in [2.24, 2.45) is 5.41 Å². The molecule has 1 aliphatic carbocycles. The Hall–Kier alpha value is -3.57. The van der Waals surface area contributed by atoms with E-state index in [0.717, 1.165) is 55.7 Å². The number of likely N-dealkylation sites (tertiary alicyclic amines) is 2. The smallest absolute Gasteiger partial charge is 0.248 e. The highest BCUT2D eigenvalue weighted by Gasteiger charge is 2.46. The maximum Gasteiger partial charge on any atom is 0.248 e. The maximum absolute atomic E-state index is 14.0. The van der Waals surface area contributed by atoms with E-state index in [2.05, 4.69) is 25.5 Å². The van der Waals surface area contributed by atoms with Crippen molar-refractivity contribution in [1.82, 2.24) is 35.1 Å². The average molecular weight is 576 g/mol. The minimum Gasteiger partial charge on any atom is -0.444 e. The Morgan fingerprint density at radius 1 is 1.12 bits per heavy atom. The van der Waals surface area contributed by atoms with Gasteiger partial charge in [0.05, 0.1) is 17.5 Å². The van der Waals surface area contributed by atoms with Gasteiger partial charge < -0.3 is 19.7 Å². The van der Waals surface area contributed by atoms with E-state index in [1.807, 2.05) is 57.3 Å². The SMILES string of the molecule is CC(C)(C)[C@@H](C(=O)N1C[C@H](O)C[C@H]1C(=O)NC1CCN(Cc2coc(-c3ccccc3)n2)CC1)n1cc(C2CC2)nn1. The fourth-order valence-electron chi connectivity index (χ4n) is 6.18. The van der Waals surface area contributed by atoms with Crippen LogP contribution in [0.25, 0.3) is 11.5 Å². The largest absolute Gasteiger partial charge is 0.444 e. The lowest BCUT2D eigenvalue weighted by molar-refractivity contribution is -0.144. The second-order valence-electron chi connectivity index (χ2n) is 13.1. The molecule has 0 unspecified atom stereocenters. The van der Waals surface area contributed by atoms with Crippen molar-refractivity contribution in [3.05, 3.63) is 54.2 Å². The quantitative estimate of drug-likeness (QED) is 0.419. The number of β-amino-alcohol motifs (C(OH)–C–C–N with tert-alkyl or cyclic N) is 1. The summed E-state index contributed by atoms with van der Waals surface area (Å²) in [6.45, 7) is 8.43. The number of nitrogens with one attached hydrogen (secondary N) is 1. The summed E-state index contributed by atoms with van der Waals surface area (Å²) in [6.07, 6.45) is 6.87. The van der Waals surface area contributed by atoms with Crippen LogP contribution in [-0.4, -0.2) is 84.5 Å². The zero-order valence-corrected chi connectivity index (χ0v) is 24.6. The van der Waals surface area contributed by atoms with Gasteiger partial charge in [0.25, 0.3) is 0 Å². The van der Waals surface area contributed by atoms with Crippen LogP contribution >= 0.6 is 0 Å². The minimum absolute atomic E-state index is 0.00969. The Morgan fingerprint density at radius 2 is 1.86 bits per heavy atom. The summed E-state index contributed by atoms with van der Waals surface area (Å²) in [7, 11) is 0. The summed E-state index contributed by atoms with van der Waals surface area (Å²) < 4.78 is 7.34. The van der Waals surface area contributed by atoms with Crippen LogP contribution in [0.1, 0.15) is 76.2 Å². The van der Waals surface area contributed by atoms with Gasteiger partial charge in [0, 0.05) is 56.3 Å². The van der Waals surface area contributed by atoms with Gasteiger partial charge in [0.15, 0.2) is 0 Å². The second kappa shape index (κ2) is 11.6. The Kier molecular flexibility index (Phi) is 7.89. The monoisotopic (exact) mass is 575 g/mol. The maximum atomic E-state index is 14.0. The molecule has 2 saturated heterocycles. The van der Waals surface area contributed by atoms with Gasteiger partial charge in [0.2, 0.25) is 17.7 Å². The van der Waals surface area contributed by atoms with Crippen LogP contribution in [0.2, 0.25) is 0 Å². The highest BCUT2D eigenvalue weighted by Crippen LogP contribution is 2.40. The zero-order valence-electron chi connectivity index (χ0n) is 24.6. The van der Waals surface area contributed by atoms with Crippen molar-refractivity contribution in [3.8, 4) is 11.5 Å². The first-order chi connectivity index (χ1) is 20.2. The normalized spacial score (nSPS) is 22.8. The van der Waals surface area contributed by atoms with Crippen LogP contribution in [0, 0.1) is 5.41 Å². The molecule has 1 aromatic carbocycles. The lowest BCUT2D eigenvalue weighted by atomic mass is 9.85. The van der Waals surface area contributed by atoms with Crippen molar-refractivity contribution >= 4 is 11.8 Å². The van der Waals surface area contributed by atoms with Gasteiger partial charge in [-0.1, -0.05) is 44.2 Å². The van der Waals surface area contributed by atoms with Crippen molar-refractivity contribution in [2.45, 2.75) is 89.6 Å². The molecule has 224 valence electrons. The van der Waals surface area contributed by atoms with Gasteiger partial charge in [-0.2, -0.15) is 0 Å². The van der Waals surface area contributed by atoms with Crippen LogP contribution in [0.15, 0.2) is 47.2 Å². The molecule has 11 heteroatoms. The van der Waals surface area contributed by atoms with Crippen LogP contribution in [-0.2, 0) is 16.1 Å². The molecule has 0 bridgehead atoms. The molecular formula is C31H41N7O4. The number of aromatic nitrogens is 4. The number of oxazole rings is 1. The third-order valence-electron chi connectivity index (χ3n) is 8.60. The molecule has 0 spiro atoms. The topological polar surface area (TPSA) is 130 Å². The number of hydrogen-bond acceptors (Lipinski definition) is 8. The summed E-state index contributed by atoms with van der Waals surface area (Å²) in [6, 6.07) is 8.51. The fourth-order valence-corrected chi connectivity index (χ4v) is 6.18. The first-order valence-corrected chi connectivity index (χ1v) is 15.1. The first kappa shape index (κ1) is 28.5. The molecule has 3 aliphatic rings. The van der Waals surface area contributed by atoms with Crippen molar-refractivity contribution in [2.75, 3.05) is 19.6 Å². The van der Waals surface area contributed by atoms with E-state index in [4.69, 9.17) is 4.42 Å². The number of amides is 2. The Morgan fingerprint density at radius 3 is 2.55 bits per heavy atom. The summed E-state index contributed by atoms with van der Waals surface area (Å²) in [5, 5.41) is 22.3. The third kappa shape index (κ3) is 6.27. The van der Waals surface area contributed by atoms with E-state index in [1.54, 1.807) is 15.8 Å². The van der Waals surface area contributed by atoms with Gasteiger partial charge in [-0.15, -0.1) is 5.10 Å². The molecule has 3 atom stereocenters. The highest BCUT2D eigenvalue weighted by atomic mass is 16.3.